The number of rotatable bonds is 5. The molecule has 2 heterocycles. The minimum Gasteiger partial charge on any atom is -0.478 e. The van der Waals surface area contributed by atoms with Crippen LogP contribution < -0.4 is 10.1 Å². The minimum atomic E-state index is -0.352. The average molecular weight is 321 g/mol. The van der Waals surface area contributed by atoms with E-state index in [9.17, 15) is 4.39 Å². The Bertz CT molecular complexity index is 603. The lowest BCUT2D eigenvalue weighted by Gasteiger charge is -2.19. The second kappa shape index (κ2) is 7.07. The fraction of sp³-hybridized carbons (Fsp3) is 0.353. The van der Waals surface area contributed by atoms with Crippen molar-refractivity contribution in [1.82, 2.24) is 10.3 Å². The molecule has 0 radical (unpaired) electrons. The summed E-state index contributed by atoms with van der Waals surface area (Å²) in [6.07, 6.45) is 2.10. The molecule has 2 aromatic rings. The fourth-order valence-electron chi connectivity index (χ4n) is 2.90. The molecule has 0 aliphatic carbocycles. The second-order valence-electron chi connectivity index (χ2n) is 5.53. The summed E-state index contributed by atoms with van der Waals surface area (Å²) < 4.78 is 18.4. The molecule has 116 valence electrons. The lowest BCUT2D eigenvalue weighted by atomic mass is 9.87. The molecule has 5 heteroatoms. The van der Waals surface area contributed by atoms with Gasteiger partial charge in [0.1, 0.15) is 5.82 Å². The topological polar surface area (TPSA) is 34.1 Å². The Balaban J connectivity index is 1.55. The van der Waals surface area contributed by atoms with E-state index in [1.165, 1.54) is 17.8 Å². The number of aromatic nitrogens is 1. The Kier molecular flexibility index (Phi) is 4.90. The van der Waals surface area contributed by atoms with E-state index < -0.39 is 0 Å². The molecular formula is C17H18ClFN2O. The van der Waals surface area contributed by atoms with Crippen LogP contribution in [0.25, 0.3) is 0 Å². The van der Waals surface area contributed by atoms with Crippen LogP contribution in [0.5, 0.6) is 5.88 Å². The van der Waals surface area contributed by atoms with Gasteiger partial charge in [0.15, 0.2) is 0 Å². The highest BCUT2D eigenvalue weighted by Crippen LogP contribution is 2.31. The molecule has 0 saturated carbocycles. The molecule has 0 spiro atoms. The van der Waals surface area contributed by atoms with Crippen molar-refractivity contribution in [2.75, 3.05) is 19.7 Å². The number of ether oxygens (including phenoxy) is 1. The Morgan fingerprint density at radius 2 is 2.00 bits per heavy atom. The van der Waals surface area contributed by atoms with Gasteiger partial charge in [-0.05, 0) is 42.6 Å². The van der Waals surface area contributed by atoms with Crippen molar-refractivity contribution >= 4 is 11.6 Å². The molecule has 3 nitrogen and oxygen atoms in total. The summed E-state index contributed by atoms with van der Waals surface area (Å²) in [6.45, 7) is 2.53. The minimum absolute atomic E-state index is 0.352. The third-order valence-corrected chi connectivity index (χ3v) is 4.33. The highest BCUT2D eigenvalue weighted by atomic mass is 35.5. The van der Waals surface area contributed by atoms with Crippen LogP contribution in [0, 0.1) is 11.7 Å². The van der Waals surface area contributed by atoms with Gasteiger partial charge in [0.2, 0.25) is 5.88 Å². The van der Waals surface area contributed by atoms with Crippen LogP contribution in [0.3, 0.4) is 0 Å². The largest absolute Gasteiger partial charge is 0.478 e. The van der Waals surface area contributed by atoms with E-state index in [4.69, 9.17) is 16.3 Å². The average Bonchev–Trinajstić information content (AvgIpc) is 2.98. The molecule has 22 heavy (non-hydrogen) atoms. The number of hydrogen-bond donors (Lipinski definition) is 1. The van der Waals surface area contributed by atoms with Crippen LogP contribution in [0.15, 0.2) is 42.6 Å². The normalized spacial score (nSPS) is 21.0. The summed E-state index contributed by atoms with van der Waals surface area (Å²) >= 11 is 5.95. The number of pyridine rings is 1. The SMILES string of the molecule is Fc1ccc(OCC[C@H]2CNC[C@@H]2c2ccc(Cl)cc2)nc1. The Morgan fingerprint density at radius 1 is 1.18 bits per heavy atom. The maximum atomic E-state index is 12.8. The van der Waals surface area contributed by atoms with Crippen molar-refractivity contribution in [3.8, 4) is 5.88 Å². The van der Waals surface area contributed by atoms with E-state index in [0.717, 1.165) is 24.5 Å². The predicted octanol–water partition coefficient (Wildman–Crippen LogP) is 3.65. The van der Waals surface area contributed by atoms with Gasteiger partial charge in [-0.1, -0.05) is 23.7 Å². The first kappa shape index (κ1) is 15.3. The smallest absolute Gasteiger partial charge is 0.213 e. The van der Waals surface area contributed by atoms with Crippen molar-refractivity contribution in [1.29, 1.82) is 0 Å². The molecule has 1 aromatic heterocycles. The number of halogens is 2. The summed E-state index contributed by atoms with van der Waals surface area (Å²) in [5, 5.41) is 4.20. The van der Waals surface area contributed by atoms with E-state index in [2.05, 4.69) is 22.4 Å². The van der Waals surface area contributed by atoms with Crippen molar-refractivity contribution in [2.24, 2.45) is 5.92 Å². The third-order valence-electron chi connectivity index (χ3n) is 4.08. The van der Waals surface area contributed by atoms with Crippen molar-refractivity contribution < 1.29 is 9.13 Å². The second-order valence-corrected chi connectivity index (χ2v) is 5.96. The fourth-order valence-corrected chi connectivity index (χ4v) is 3.02. The van der Waals surface area contributed by atoms with Crippen LogP contribution >= 0.6 is 11.6 Å². The number of benzene rings is 1. The van der Waals surface area contributed by atoms with Crippen molar-refractivity contribution in [2.45, 2.75) is 12.3 Å². The first-order valence-corrected chi connectivity index (χ1v) is 7.81. The van der Waals surface area contributed by atoms with Crippen molar-refractivity contribution in [3.63, 3.8) is 0 Å². The molecule has 0 unspecified atom stereocenters. The van der Waals surface area contributed by atoms with E-state index >= 15 is 0 Å². The molecule has 1 aliphatic rings. The van der Waals surface area contributed by atoms with E-state index in [0.29, 0.717) is 24.3 Å². The van der Waals surface area contributed by atoms with E-state index in [1.54, 1.807) is 6.07 Å². The van der Waals surface area contributed by atoms with Gasteiger partial charge in [-0.25, -0.2) is 9.37 Å². The van der Waals surface area contributed by atoms with Crippen LogP contribution in [0.4, 0.5) is 4.39 Å². The quantitative estimate of drug-likeness (QED) is 0.913. The predicted molar refractivity (Wildman–Crippen MR) is 84.9 cm³/mol. The van der Waals surface area contributed by atoms with E-state index in [-0.39, 0.29) is 5.82 Å². The van der Waals surface area contributed by atoms with Gasteiger partial charge in [-0.2, -0.15) is 0 Å². The summed E-state index contributed by atoms with van der Waals surface area (Å²) in [5.41, 5.74) is 1.30. The molecule has 1 fully saturated rings. The van der Waals surface area contributed by atoms with Crippen LogP contribution in [0.1, 0.15) is 17.9 Å². The molecule has 0 bridgehead atoms. The zero-order valence-corrected chi connectivity index (χ0v) is 12.9. The van der Waals surface area contributed by atoms with Gasteiger partial charge >= 0.3 is 0 Å². The number of nitrogens with one attached hydrogen (secondary N) is 1. The standard InChI is InChI=1S/C17H18ClFN2O/c18-14-3-1-12(2-4-14)16-11-20-9-13(16)7-8-22-17-6-5-15(19)10-21-17/h1-6,10,13,16,20H,7-9,11H2/t13-,16+/m0/s1. The lowest BCUT2D eigenvalue weighted by Crippen LogP contribution is -2.15. The lowest BCUT2D eigenvalue weighted by molar-refractivity contribution is 0.267. The number of hydrogen-bond acceptors (Lipinski definition) is 3. The van der Waals surface area contributed by atoms with E-state index in [1.807, 2.05) is 12.1 Å². The van der Waals surface area contributed by atoms with Crippen LogP contribution in [-0.4, -0.2) is 24.7 Å². The molecule has 1 aromatic carbocycles. The molecular weight excluding hydrogens is 303 g/mol. The summed E-state index contributed by atoms with van der Waals surface area (Å²) in [7, 11) is 0. The van der Waals surface area contributed by atoms with Gasteiger partial charge in [-0.15, -0.1) is 0 Å². The Morgan fingerprint density at radius 3 is 2.73 bits per heavy atom. The molecule has 0 amide bonds. The Labute approximate surface area is 134 Å². The van der Waals surface area contributed by atoms with Gasteiger partial charge < -0.3 is 10.1 Å². The van der Waals surface area contributed by atoms with Gasteiger partial charge in [0.05, 0.1) is 12.8 Å². The third kappa shape index (κ3) is 3.76. The maximum Gasteiger partial charge on any atom is 0.213 e. The summed E-state index contributed by atoms with van der Waals surface area (Å²) in [4.78, 5) is 3.90. The van der Waals surface area contributed by atoms with Gasteiger partial charge in [0, 0.05) is 23.6 Å². The molecule has 3 rings (SSSR count). The zero-order chi connectivity index (χ0) is 15.4. The number of nitrogens with zero attached hydrogens (tertiary/aromatic N) is 1. The highest BCUT2D eigenvalue weighted by Gasteiger charge is 2.28. The maximum absolute atomic E-state index is 12.8. The first-order chi connectivity index (χ1) is 10.7. The highest BCUT2D eigenvalue weighted by molar-refractivity contribution is 6.30. The monoisotopic (exact) mass is 320 g/mol. The first-order valence-electron chi connectivity index (χ1n) is 7.43. The summed E-state index contributed by atoms with van der Waals surface area (Å²) in [6, 6.07) is 11.0. The molecule has 2 atom stereocenters. The zero-order valence-electron chi connectivity index (χ0n) is 12.1. The molecule has 1 aliphatic heterocycles. The van der Waals surface area contributed by atoms with Gasteiger partial charge in [-0.3, -0.25) is 0 Å². The Hall–Kier alpha value is -1.65. The van der Waals surface area contributed by atoms with Gasteiger partial charge in [0.25, 0.3) is 0 Å². The van der Waals surface area contributed by atoms with Crippen molar-refractivity contribution in [3.05, 3.63) is 59.0 Å². The van der Waals surface area contributed by atoms with Crippen LogP contribution in [-0.2, 0) is 0 Å². The summed E-state index contributed by atoms with van der Waals surface area (Å²) in [5.74, 6) is 1.11. The van der Waals surface area contributed by atoms with Crippen LogP contribution in [0.2, 0.25) is 5.02 Å². The molecule has 1 N–H and O–H groups in total. The molecule has 1 saturated heterocycles.